The molecule has 1 aliphatic rings. The highest BCUT2D eigenvalue weighted by Gasteiger charge is 2.21. The number of benzene rings is 1. The van der Waals surface area contributed by atoms with Crippen molar-refractivity contribution in [3.63, 3.8) is 0 Å². The van der Waals surface area contributed by atoms with Crippen LogP contribution in [-0.4, -0.2) is 37.0 Å². The maximum absolute atomic E-state index is 6.09. The predicted molar refractivity (Wildman–Crippen MR) is 81.4 cm³/mol. The van der Waals surface area contributed by atoms with Gasteiger partial charge in [0.25, 0.3) is 0 Å². The Morgan fingerprint density at radius 1 is 1.25 bits per heavy atom. The number of hydrogen-bond donors (Lipinski definition) is 0. The largest absolute Gasteiger partial charge is 0.379 e. The number of halogens is 1. The Hall–Kier alpha value is -1.39. The van der Waals surface area contributed by atoms with Crippen LogP contribution in [0.2, 0.25) is 5.15 Å². The van der Waals surface area contributed by atoms with E-state index in [1.54, 1.807) is 0 Å². The summed E-state index contributed by atoms with van der Waals surface area (Å²) in [6, 6.07) is 7.93. The molecule has 1 fully saturated rings. The molecule has 0 radical (unpaired) electrons. The minimum absolute atomic E-state index is 0.447. The van der Waals surface area contributed by atoms with Crippen LogP contribution in [-0.2, 0) is 4.74 Å². The molecule has 1 heterocycles. The van der Waals surface area contributed by atoms with E-state index in [1.807, 2.05) is 31.3 Å². The van der Waals surface area contributed by atoms with Crippen LogP contribution in [0.5, 0.6) is 0 Å². The van der Waals surface area contributed by atoms with Gasteiger partial charge in [-0.15, -0.1) is 10.2 Å². The second-order valence-electron chi connectivity index (χ2n) is 5.30. The monoisotopic (exact) mass is 291 g/mol. The maximum atomic E-state index is 6.09. The lowest BCUT2D eigenvalue weighted by molar-refractivity contribution is 0.131. The lowest BCUT2D eigenvalue weighted by Crippen LogP contribution is -2.24. The van der Waals surface area contributed by atoms with Crippen molar-refractivity contribution in [3.05, 3.63) is 29.4 Å². The zero-order valence-corrected chi connectivity index (χ0v) is 12.3. The van der Waals surface area contributed by atoms with E-state index in [2.05, 4.69) is 15.1 Å². The molecule has 5 heteroatoms. The third-order valence-corrected chi connectivity index (χ3v) is 3.89. The molecule has 1 aromatic heterocycles. The first-order valence-electron chi connectivity index (χ1n) is 6.95. The van der Waals surface area contributed by atoms with Gasteiger partial charge in [-0.05, 0) is 18.8 Å². The van der Waals surface area contributed by atoms with Gasteiger partial charge in [0, 0.05) is 31.0 Å². The van der Waals surface area contributed by atoms with E-state index in [9.17, 15) is 0 Å². The highest BCUT2D eigenvalue weighted by atomic mass is 35.5. The van der Waals surface area contributed by atoms with Gasteiger partial charge in [-0.2, -0.15) is 0 Å². The van der Waals surface area contributed by atoms with Gasteiger partial charge < -0.3 is 9.64 Å². The SMILES string of the molecule is CN(CCOCC1CC1)c1nnc(Cl)c2ccccc12. The summed E-state index contributed by atoms with van der Waals surface area (Å²) in [5.41, 5.74) is 0. The molecule has 2 aromatic rings. The average molecular weight is 292 g/mol. The standard InChI is InChI=1S/C15H18ClN3O/c1-19(8-9-20-10-11-6-7-11)15-13-5-3-2-4-12(13)14(16)17-18-15/h2-5,11H,6-10H2,1H3. The highest BCUT2D eigenvalue weighted by molar-refractivity contribution is 6.34. The van der Waals surface area contributed by atoms with Gasteiger partial charge in [0.15, 0.2) is 11.0 Å². The number of aromatic nitrogens is 2. The van der Waals surface area contributed by atoms with Gasteiger partial charge in [0.05, 0.1) is 6.61 Å². The zero-order valence-electron chi connectivity index (χ0n) is 11.6. The van der Waals surface area contributed by atoms with E-state index in [4.69, 9.17) is 16.3 Å². The van der Waals surface area contributed by atoms with Crippen molar-refractivity contribution >= 4 is 28.2 Å². The lowest BCUT2D eigenvalue weighted by atomic mass is 10.2. The van der Waals surface area contributed by atoms with E-state index in [0.29, 0.717) is 11.8 Å². The molecule has 20 heavy (non-hydrogen) atoms. The van der Waals surface area contributed by atoms with Crippen molar-refractivity contribution in [2.75, 3.05) is 31.7 Å². The Morgan fingerprint density at radius 2 is 2.00 bits per heavy atom. The van der Waals surface area contributed by atoms with Gasteiger partial charge in [0.1, 0.15) is 0 Å². The molecule has 1 saturated carbocycles. The molecule has 0 atom stereocenters. The number of rotatable bonds is 6. The summed E-state index contributed by atoms with van der Waals surface area (Å²) in [5, 5.41) is 10.7. The van der Waals surface area contributed by atoms with E-state index < -0.39 is 0 Å². The third kappa shape index (κ3) is 3.02. The molecular weight excluding hydrogens is 274 g/mol. The number of anilines is 1. The van der Waals surface area contributed by atoms with Crippen LogP contribution in [0.3, 0.4) is 0 Å². The van der Waals surface area contributed by atoms with E-state index in [-0.39, 0.29) is 0 Å². The topological polar surface area (TPSA) is 38.2 Å². The highest BCUT2D eigenvalue weighted by Crippen LogP contribution is 2.29. The molecule has 1 aliphatic carbocycles. The smallest absolute Gasteiger partial charge is 0.159 e. The summed E-state index contributed by atoms with van der Waals surface area (Å²) >= 11 is 6.09. The average Bonchev–Trinajstić information content (AvgIpc) is 3.28. The van der Waals surface area contributed by atoms with Crippen LogP contribution < -0.4 is 4.90 Å². The zero-order chi connectivity index (χ0) is 13.9. The van der Waals surface area contributed by atoms with E-state index in [1.165, 1.54) is 12.8 Å². The molecule has 0 spiro atoms. The molecule has 1 aromatic carbocycles. The Balaban J connectivity index is 1.70. The minimum Gasteiger partial charge on any atom is -0.379 e. The minimum atomic E-state index is 0.447. The molecule has 0 saturated heterocycles. The molecule has 0 unspecified atom stereocenters. The molecule has 0 bridgehead atoms. The first kappa shape index (κ1) is 13.6. The van der Waals surface area contributed by atoms with Crippen molar-refractivity contribution in [1.82, 2.24) is 10.2 Å². The fourth-order valence-electron chi connectivity index (χ4n) is 2.18. The van der Waals surface area contributed by atoms with Crippen molar-refractivity contribution in [1.29, 1.82) is 0 Å². The van der Waals surface area contributed by atoms with Gasteiger partial charge in [-0.1, -0.05) is 35.9 Å². The molecule has 0 aliphatic heterocycles. The van der Waals surface area contributed by atoms with E-state index in [0.717, 1.165) is 35.7 Å². The van der Waals surface area contributed by atoms with Crippen LogP contribution in [0.1, 0.15) is 12.8 Å². The van der Waals surface area contributed by atoms with Crippen molar-refractivity contribution < 1.29 is 4.74 Å². The summed E-state index contributed by atoms with van der Waals surface area (Å²) in [7, 11) is 2.00. The molecule has 4 nitrogen and oxygen atoms in total. The predicted octanol–water partition coefficient (Wildman–Crippen LogP) is 3.15. The summed E-state index contributed by atoms with van der Waals surface area (Å²) in [6.07, 6.45) is 2.65. The normalized spacial score (nSPS) is 14.7. The quantitative estimate of drug-likeness (QED) is 0.766. The van der Waals surface area contributed by atoms with Crippen LogP contribution in [0, 0.1) is 5.92 Å². The van der Waals surface area contributed by atoms with Crippen LogP contribution in [0.25, 0.3) is 10.8 Å². The van der Waals surface area contributed by atoms with Gasteiger partial charge >= 0.3 is 0 Å². The Bertz CT molecular complexity index is 601. The Kier molecular flexibility index (Phi) is 4.03. The number of likely N-dealkylation sites (N-methyl/N-ethyl adjacent to an activating group) is 1. The summed E-state index contributed by atoms with van der Waals surface area (Å²) in [5.74, 6) is 1.65. The first-order chi connectivity index (χ1) is 9.75. The number of fused-ring (bicyclic) bond motifs is 1. The number of nitrogens with zero attached hydrogens (tertiary/aromatic N) is 3. The Labute approximate surface area is 123 Å². The maximum Gasteiger partial charge on any atom is 0.159 e. The fourth-order valence-corrected chi connectivity index (χ4v) is 2.38. The van der Waals surface area contributed by atoms with Gasteiger partial charge in [0.2, 0.25) is 0 Å². The second-order valence-corrected chi connectivity index (χ2v) is 5.66. The fraction of sp³-hybridized carbons (Fsp3) is 0.467. The lowest BCUT2D eigenvalue weighted by Gasteiger charge is -2.19. The number of ether oxygens (including phenoxy) is 1. The summed E-state index contributed by atoms with van der Waals surface area (Å²) < 4.78 is 5.67. The van der Waals surface area contributed by atoms with Gasteiger partial charge in [-0.25, -0.2) is 0 Å². The van der Waals surface area contributed by atoms with Crippen LogP contribution >= 0.6 is 11.6 Å². The molecule has 0 N–H and O–H groups in total. The van der Waals surface area contributed by atoms with Crippen LogP contribution in [0.4, 0.5) is 5.82 Å². The summed E-state index contributed by atoms with van der Waals surface area (Å²) in [6.45, 7) is 2.40. The van der Waals surface area contributed by atoms with Crippen molar-refractivity contribution in [3.8, 4) is 0 Å². The van der Waals surface area contributed by atoms with E-state index >= 15 is 0 Å². The number of hydrogen-bond acceptors (Lipinski definition) is 4. The van der Waals surface area contributed by atoms with Crippen LogP contribution in [0.15, 0.2) is 24.3 Å². The first-order valence-corrected chi connectivity index (χ1v) is 7.33. The van der Waals surface area contributed by atoms with Gasteiger partial charge in [-0.3, -0.25) is 0 Å². The third-order valence-electron chi connectivity index (χ3n) is 3.61. The second kappa shape index (κ2) is 5.94. The molecule has 3 rings (SSSR count). The molecular formula is C15H18ClN3O. The summed E-state index contributed by atoms with van der Waals surface area (Å²) in [4.78, 5) is 2.07. The molecule has 106 valence electrons. The van der Waals surface area contributed by atoms with Crippen molar-refractivity contribution in [2.24, 2.45) is 5.92 Å². The Morgan fingerprint density at radius 3 is 2.75 bits per heavy atom. The van der Waals surface area contributed by atoms with Crippen molar-refractivity contribution in [2.45, 2.75) is 12.8 Å². The molecule has 0 amide bonds.